The zero-order valence-electron chi connectivity index (χ0n) is 14.8. The number of halogens is 1. The van der Waals surface area contributed by atoms with Gasteiger partial charge in [-0.2, -0.15) is 0 Å². The van der Waals surface area contributed by atoms with Crippen molar-refractivity contribution in [2.45, 2.75) is 6.92 Å². The number of aromatic nitrogens is 3. The summed E-state index contributed by atoms with van der Waals surface area (Å²) in [5, 5.41) is 8.84. The highest BCUT2D eigenvalue weighted by atomic mass is 35.5. The average Bonchev–Trinajstić information content (AvgIpc) is 3.08. The average molecular weight is 385 g/mol. The van der Waals surface area contributed by atoms with Crippen LogP contribution in [0.2, 0.25) is 5.02 Å². The molecule has 8 heteroatoms. The van der Waals surface area contributed by atoms with E-state index in [1.165, 1.54) is 0 Å². The first-order valence-corrected chi connectivity index (χ1v) is 8.77. The molecule has 1 aromatic heterocycles. The Kier molecular flexibility index (Phi) is 4.45. The van der Waals surface area contributed by atoms with E-state index in [1.54, 1.807) is 53.9 Å². The molecule has 1 aliphatic rings. The zero-order chi connectivity index (χ0) is 19.0. The first-order chi connectivity index (χ1) is 13.1. The van der Waals surface area contributed by atoms with E-state index in [9.17, 15) is 4.79 Å². The molecule has 0 saturated carbocycles. The molecule has 7 nitrogen and oxygen atoms in total. The van der Waals surface area contributed by atoms with Crippen LogP contribution in [0.4, 0.5) is 5.69 Å². The predicted molar refractivity (Wildman–Crippen MR) is 101 cm³/mol. The molecule has 27 heavy (non-hydrogen) atoms. The molecule has 0 saturated heterocycles. The Bertz CT molecular complexity index is 1020. The minimum atomic E-state index is -0.237. The maximum atomic E-state index is 13.2. The fraction of sp³-hybridized carbons (Fsp3) is 0.211. The molecule has 1 amide bonds. The number of rotatable bonds is 3. The van der Waals surface area contributed by atoms with E-state index < -0.39 is 0 Å². The SMILES string of the molecule is COc1ccc2c(c1)N(C(=O)c1nnn(-c3cccc(Cl)c3)c1C)CCO2. The third-order valence-electron chi connectivity index (χ3n) is 4.42. The lowest BCUT2D eigenvalue weighted by atomic mass is 10.2. The van der Waals surface area contributed by atoms with Crippen molar-refractivity contribution in [3.63, 3.8) is 0 Å². The summed E-state index contributed by atoms with van der Waals surface area (Å²) in [7, 11) is 1.58. The highest BCUT2D eigenvalue weighted by Crippen LogP contribution is 2.35. The number of benzene rings is 2. The number of hydrogen-bond donors (Lipinski definition) is 0. The van der Waals surface area contributed by atoms with Gasteiger partial charge in [-0.1, -0.05) is 22.9 Å². The molecule has 1 aliphatic heterocycles. The summed E-state index contributed by atoms with van der Waals surface area (Å²) in [6.07, 6.45) is 0. The number of methoxy groups -OCH3 is 1. The van der Waals surface area contributed by atoms with E-state index >= 15 is 0 Å². The van der Waals surface area contributed by atoms with Gasteiger partial charge in [0, 0.05) is 11.1 Å². The maximum Gasteiger partial charge on any atom is 0.280 e. The summed E-state index contributed by atoms with van der Waals surface area (Å²) in [5.74, 6) is 1.05. The Morgan fingerprint density at radius 1 is 1.26 bits per heavy atom. The van der Waals surface area contributed by atoms with E-state index in [0.29, 0.717) is 41.1 Å². The van der Waals surface area contributed by atoms with Gasteiger partial charge in [-0.05, 0) is 37.3 Å². The number of nitrogens with zero attached hydrogens (tertiary/aromatic N) is 4. The van der Waals surface area contributed by atoms with Gasteiger partial charge in [-0.15, -0.1) is 5.10 Å². The lowest BCUT2D eigenvalue weighted by Crippen LogP contribution is -2.38. The molecule has 0 spiro atoms. The van der Waals surface area contributed by atoms with Gasteiger partial charge >= 0.3 is 0 Å². The van der Waals surface area contributed by atoms with Crippen molar-refractivity contribution in [1.82, 2.24) is 15.0 Å². The Hall–Kier alpha value is -3.06. The molecule has 0 radical (unpaired) electrons. The Balaban J connectivity index is 1.71. The molecule has 138 valence electrons. The largest absolute Gasteiger partial charge is 0.497 e. The molecule has 0 atom stereocenters. The van der Waals surface area contributed by atoms with Gasteiger partial charge in [-0.25, -0.2) is 4.68 Å². The summed E-state index contributed by atoms with van der Waals surface area (Å²) in [4.78, 5) is 14.8. The van der Waals surface area contributed by atoms with Crippen LogP contribution in [-0.4, -0.2) is 41.2 Å². The quantitative estimate of drug-likeness (QED) is 0.693. The standard InChI is InChI=1S/C19H17ClN4O3/c1-12-18(21-22-24(12)14-5-3-4-13(20)10-14)19(25)23-8-9-27-17-7-6-15(26-2)11-16(17)23/h3-7,10-11H,8-9H2,1-2H3. The fourth-order valence-corrected chi connectivity index (χ4v) is 3.23. The van der Waals surface area contributed by atoms with Gasteiger partial charge in [0.1, 0.15) is 18.1 Å². The lowest BCUT2D eigenvalue weighted by Gasteiger charge is -2.29. The summed E-state index contributed by atoms with van der Waals surface area (Å²) in [6, 6.07) is 12.6. The van der Waals surface area contributed by atoms with Crippen molar-refractivity contribution in [2.75, 3.05) is 25.2 Å². The lowest BCUT2D eigenvalue weighted by molar-refractivity contribution is 0.0971. The number of carbonyl (C=O) groups is 1. The van der Waals surface area contributed by atoms with Gasteiger partial charge in [0.2, 0.25) is 0 Å². The molecule has 4 rings (SSSR count). The van der Waals surface area contributed by atoms with Crippen molar-refractivity contribution in [1.29, 1.82) is 0 Å². The van der Waals surface area contributed by atoms with Crippen molar-refractivity contribution >= 4 is 23.2 Å². The van der Waals surface area contributed by atoms with E-state index in [2.05, 4.69) is 10.3 Å². The van der Waals surface area contributed by atoms with Crippen LogP contribution in [0, 0.1) is 6.92 Å². The van der Waals surface area contributed by atoms with Crippen molar-refractivity contribution in [3.8, 4) is 17.2 Å². The van der Waals surface area contributed by atoms with Crippen LogP contribution >= 0.6 is 11.6 Å². The normalized spacial score (nSPS) is 13.1. The maximum absolute atomic E-state index is 13.2. The second kappa shape index (κ2) is 6.92. The Morgan fingerprint density at radius 2 is 2.11 bits per heavy atom. The summed E-state index contributed by atoms with van der Waals surface area (Å²) in [5.41, 5.74) is 2.32. The van der Waals surface area contributed by atoms with Crippen LogP contribution in [0.25, 0.3) is 5.69 Å². The summed E-state index contributed by atoms with van der Waals surface area (Å²) < 4.78 is 12.5. The topological polar surface area (TPSA) is 69.5 Å². The molecule has 0 aliphatic carbocycles. The Labute approximate surface area is 161 Å². The van der Waals surface area contributed by atoms with Gasteiger partial charge < -0.3 is 9.47 Å². The van der Waals surface area contributed by atoms with E-state index in [1.807, 2.05) is 12.1 Å². The van der Waals surface area contributed by atoms with Crippen molar-refractivity contribution < 1.29 is 14.3 Å². The molecule has 0 bridgehead atoms. The zero-order valence-corrected chi connectivity index (χ0v) is 15.6. The monoisotopic (exact) mass is 384 g/mol. The highest BCUT2D eigenvalue weighted by Gasteiger charge is 2.29. The van der Waals surface area contributed by atoms with Crippen LogP contribution in [0.3, 0.4) is 0 Å². The van der Waals surface area contributed by atoms with Gasteiger partial charge in [0.05, 0.1) is 30.7 Å². The third-order valence-corrected chi connectivity index (χ3v) is 4.66. The van der Waals surface area contributed by atoms with Crippen LogP contribution < -0.4 is 14.4 Å². The molecular formula is C19H17ClN4O3. The van der Waals surface area contributed by atoms with Crippen LogP contribution in [0.5, 0.6) is 11.5 Å². The highest BCUT2D eigenvalue weighted by molar-refractivity contribution is 6.30. The first kappa shape index (κ1) is 17.4. The number of amides is 1. The fourth-order valence-electron chi connectivity index (χ4n) is 3.04. The number of anilines is 1. The van der Waals surface area contributed by atoms with Gasteiger partial charge in [0.15, 0.2) is 5.69 Å². The summed E-state index contributed by atoms with van der Waals surface area (Å²) in [6.45, 7) is 2.64. The van der Waals surface area contributed by atoms with E-state index in [-0.39, 0.29) is 11.6 Å². The molecule has 0 fully saturated rings. The molecule has 0 unspecified atom stereocenters. The molecule has 3 aromatic rings. The predicted octanol–water partition coefficient (Wildman–Crippen LogP) is 3.28. The van der Waals surface area contributed by atoms with Crippen LogP contribution in [-0.2, 0) is 0 Å². The Morgan fingerprint density at radius 3 is 2.89 bits per heavy atom. The molecular weight excluding hydrogens is 368 g/mol. The van der Waals surface area contributed by atoms with Crippen LogP contribution in [0.15, 0.2) is 42.5 Å². The smallest absolute Gasteiger partial charge is 0.280 e. The van der Waals surface area contributed by atoms with Gasteiger partial charge in [0.25, 0.3) is 5.91 Å². The minimum absolute atomic E-state index is 0.237. The van der Waals surface area contributed by atoms with E-state index in [0.717, 1.165) is 5.69 Å². The number of fused-ring (bicyclic) bond motifs is 1. The van der Waals surface area contributed by atoms with Gasteiger partial charge in [-0.3, -0.25) is 9.69 Å². The number of ether oxygens (including phenoxy) is 2. The molecule has 2 heterocycles. The minimum Gasteiger partial charge on any atom is -0.497 e. The van der Waals surface area contributed by atoms with Crippen LogP contribution in [0.1, 0.15) is 16.2 Å². The summed E-state index contributed by atoms with van der Waals surface area (Å²) >= 11 is 6.06. The van der Waals surface area contributed by atoms with Crippen molar-refractivity contribution in [2.24, 2.45) is 0 Å². The van der Waals surface area contributed by atoms with E-state index in [4.69, 9.17) is 21.1 Å². The third kappa shape index (κ3) is 3.10. The number of carbonyl (C=O) groups excluding carboxylic acids is 1. The second-order valence-electron chi connectivity index (χ2n) is 6.05. The number of hydrogen-bond acceptors (Lipinski definition) is 5. The van der Waals surface area contributed by atoms with Crippen molar-refractivity contribution in [3.05, 3.63) is 58.9 Å². The molecule has 0 N–H and O–H groups in total. The first-order valence-electron chi connectivity index (χ1n) is 8.39. The molecule has 2 aromatic carbocycles. The second-order valence-corrected chi connectivity index (χ2v) is 6.49.